The Morgan fingerprint density at radius 3 is 2.89 bits per heavy atom. The van der Waals surface area contributed by atoms with Crippen LogP contribution in [0.25, 0.3) is 0 Å². The molecule has 1 saturated heterocycles. The van der Waals surface area contributed by atoms with Gasteiger partial charge in [-0.3, -0.25) is 4.90 Å². The molecule has 1 heterocycles. The molecule has 3 nitrogen and oxygen atoms in total. The number of likely N-dealkylation sites (tertiary alicyclic amines) is 1. The summed E-state index contributed by atoms with van der Waals surface area (Å²) in [5, 5.41) is 9.39. The molecule has 18 heavy (non-hydrogen) atoms. The van der Waals surface area contributed by atoms with E-state index in [2.05, 4.69) is 11.8 Å². The average Bonchev–Trinajstić information content (AvgIpc) is 2.30. The molecule has 2 atom stereocenters. The number of aromatic hydroxyl groups is 1. The summed E-state index contributed by atoms with van der Waals surface area (Å²) in [6.07, 6.45) is 1.13. The van der Waals surface area contributed by atoms with Crippen molar-refractivity contribution in [1.29, 1.82) is 0 Å². The Hall–Kier alpha value is -1.13. The summed E-state index contributed by atoms with van der Waals surface area (Å²) < 4.78 is 13.2. The molecule has 1 aromatic carbocycles. The summed E-state index contributed by atoms with van der Waals surface area (Å²) in [5.41, 5.74) is 6.59. The second-order valence-electron chi connectivity index (χ2n) is 5.31. The van der Waals surface area contributed by atoms with Gasteiger partial charge in [0, 0.05) is 19.2 Å². The van der Waals surface area contributed by atoms with Crippen molar-refractivity contribution in [2.45, 2.75) is 19.9 Å². The summed E-state index contributed by atoms with van der Waals surface area (Å²) in [5.74, 6) is 0.782. The van der Waals surface area contributed by atoms with E-state index in [-0.39, 0.29) is 11.6 Å². The fourth-order valence-electron chi connectivity index (χ4n) is 2.66. The minimum Gasteiger partial charge on any atom is -0.508 e. The summed E-state index contributed by atoms with van der Waals surface area (Å²) in [7, 11) is 0. The molecular formula is C14H21FN2O. The van der Waals surface area contributed by atoms with Gasteiger partial charge in [0.15, 0.2) is 0 Å². The lowest BCUT2D eigenvalue weighted by molar-refractivity contribution is 0.126. The van der Waals surface area contributed by atoms with Gasteiger partial charge < -0.3 is 10.8 Å². The molecule has 1 aromatic rings. The molecular weight excluding hydrogens is 231 g/mol. The van der Waals surface area contributed by atoms with E-state index in [1.807, 2.05) is 0 Å². The molecule has 1 aliphatic heterocycles. The van der Waals surface area contributed by atoms with Crippen LogP contribution in [0.2, 0.25) is 0 Å². The van der Waals surface area contributed by atoms with Gasteiger partial charge in [0.25, 0.3) is 0 Å². The minimum absolute atomic E-state index is 0.00856. The number of hydrogen-bond acceptors (Lipinski definition) is 3. The zero-order valence-electron chi connectivity index (χ0n) is 10.8. The predicted octanol–water partition coefficient (Wildman–Crippen LogP) is 1.95. The van der Waals surface area contributed by atoms with Gasteiger partial charge in [-0.25, -0.2) is 4.39 Å². The van der Waals surface area contributed by atoms with Gasteiger partial charge >= 0.3 is 0 Å². The largest absolute Gasteiger partial charge is 0.508 e. The fraction of sp³-hybridized carbons (Fsp3) is 0.571. The van der Waals surface area contributed by atoms with Crippen LogP contribution in [0, 0.1) is 17.7 Å². The Kier molecular flexibility index (Phi) is 4.19. The van der Waals surface area contributed by atoms with Crippen LogP contribution in [0.4, 0.5) is 4.39 Å². The quantitative estimate of drug-likeness (QED) is 0.864. The SMILES string of the molecule is CC1CCN(Cc2cc(O)cc(F)c2)CC1CN. The van der Waals surface area contributed by atoms with Gasteiger partial charge in [0.2, 0.25) is 0 Å². The number of piperidine rings is 1. The van der Waals surface area contributed by atoms with Crippen LogP contribution in [-0.2, 0) is 6.54 Å². The second-order valence-corrected chi connectivity index (χ2v) is 5.31. The van der Waals surface area contributed by atoms with Crippen molar-refractivity contribution in [2.75, 3.05) is 19.6 Å². The van der Waals surface area contributed by atoms with Gasteiger partial charge in [-0.05, 0) is 49.0 Å². The first kappa shape index (κ1) is 13.3. The van der Waals surface area contributed by atoms with Crippen molar-refractivity contribution in [1.82, 2.24) is 4.90 Å². The molecule has 0 aromatic heterocycles. The Morgan fingerprint density at radius 1 is 1.44 bits per heavy atom. The van der Waals surface area contributed by atoms with Crippen LogP contribution in [-0.4, -0.2) is 29.6 Å². The van der Waals surface area contributed by atoms with E-state index < -0.39 is 0 Å². The first-order valence-electron chi connectivity index (χ1n) is 6.49. The third-order valence-electron chi connectivity index (χ3n) is 3.85. The minimum atomic E-state index is -0.384. The van der Waals surface area contributed by atoms with Crippen molar-refractivity contribution >= 4 is 0 Å². The molecule has 0 aliphatic carbocycles. The molecule has 1 fully saturated rings. The number of phenols is 1. The number of phenolic OH excluding ortho intramolecular Hbond substituents is 1. The van der Waals surface area contributed by atoms with Gasteiger partial charge in [-0.2, -0.15) is 0 Å². The Balaban J connectivity index is 2.01. The van der Waals surface area contributed by atoms with Gasteiger partial charge in [-0.15, -0.1) is 0 Å². The lowest BCUT2D eigenvalue weighted by atomic mass is 9.87. The molecule has 0 bridgehead atoms. The van der Waals surface area contributed by atoms with E-state index in [9.17, 15) is 9.50 Å². The molecule has 2 rings (SSSR count). The fourth-order valence-corrected chi connectivity index (χ4v) is 2.66. The van der Waals surface area contributed by atoms with Crippen LogP contribution in [0.3, 0.4) is 0 Å². The average molecular weight is 252 g/mol. The third-order valence-corrected chi connectivity index (χ3v) is 3.85. The Bertz CT molecular complexity index is 391. The van der Waals surface area contributed by atoms with Crippen molar-refractivity contribution in [3.05, 3.63) is 29.6 Å². The van der Waals surface area contributed by atoms with Gasteiger partial charge in [-0.1, -0.05) is 6.92 Å². The highest BCUT2D eigenvalue weighted by molar-refractivity contribution is 5.28. The molecule has 3 N–H and O–H groups in total. The van der Waals surface area contributed by atoms with E-state index in [1.165, 1.54) is 6.07 Å². The third kappa shape index (κ3) is 3.21. The summed E-state index contributed by atoms with van der Waals surface area (Å²) in [6, 6.07) is 4.23. The van der Waals surface area contributed by atoms with Gasteiger partial charge in [0.1, 0.15) is 11.6 Å². The zero-order valence-corrected chi connectivity index (χ0v) is 10.8. The van der Waals surface area contributed by atoms with Gasteiger partial charge in [0.05, 0.1) is 0 Å². The molecule has 0 spiro atoms. The number of nitrogens with two attached hydrogens (primary N) is 1. The summed E-state index contributed by atoms with van der Waals surface area (Å²) >= 11 is 0. The normalized spacial score (nSPS) is 25.3. The van der Waals surface area contributed by atoms with Crippen molar-refractivity contribution in [3.63, 3.8) is 0 Å². The number of benzene rings is 1. The predicted molar refractivity (Wildman–Crippen MR) is 69.7 cm³/mol. The number of halogens is 1. The van der Waals surface area contributed by atoms with E-state index in [1.54, 1.807) is 6.07 Å². The lowest BCUT2D eigenvalue weighted by Crippen LogP contribution is -2.42. The van der Waals surface area contributed by atoms with Crippen LogP contribution >= 0.6 is 0 Å². The first-order valence-corrected chi connectivity index (χ1v) is 6.49. The molecule has 100 valence electrons. The molecule has 4 heteroatoms. The number of rotatable bonds is 3. The highest BCUT2D eigenvalue weighted by Crippen LogP contribution is 2.24. The van der Waals surface area contributed by atoms with E-state index in [4.69, 9.17) is 5.73 Å². The first-order chi connectivity index (χ1) is 8.58. The van der Waals surface area contributed by atoms with E-state index >= 15 is 0 Å². The van der Waals surface area contributed by atoms with Crippen LogP contribution in [0.5, 0.6) is 5.75 Å². The Labute approximate surface area is 107 Å². The molecule has 1 aliphatic rings. The van der Waals surface area contributed by atoms with Crippen LogP contribution < -0.4 is 5.73 Å². The zero-order chi connectivity index (χ0) is 13.1. The van der Waals surface area contributed by atoms with Crippen molar-refractivity contribution in [3.8, 4) is 5.75 Å². The summed E-state index contributed by atoms with van der Waals surface area (Å²) in [4.78, 5) is 2.28. The van der Waals surface area contributed by atoms with Crippen molar-refractivity contribution < 1.29 is 9.50 Å². The summed E-state index contributed by atoms with van der Waals surface area (Å²) in [6.45, 7) is 5.58. The monoisotopic (exact) mass is 252 g/mol. The number of hydrogen-bond donors (Lipinski definition) is 2. The standard InChI is InChI=1S/C14H21FN2O/c1-10-2-3-17(9-12(10)7-16)8-11-4-13(15)6-14(18)5-11/h4-6,10,12,18H,2-3,7-9,16H2,1H3. The molecule has 2 unspecified atom stereocenters. The smallest absolute Gasteiger partial charge is 0.127 e. The maximum Gasteiger partial charge on any atom is 0.127 e. The lowest BCUT2D eigenvalue weighted by Gasteiger charge is -2.36. The highest BCUT2D eigenvalue weighted by Gasteiger charge is 2.25. The maximum atomic E-state index is 13.2. The van der Waals surface area contributed by atoms with Crippen LogP contribution in [0.1, 0.15) is 18.9 Å². The molecule has 0 saturated carbocycles. The number of nitrogens with zero attached hydrogens (tertiary/aromatic N) is 1. The maximum absolute atomic E-state index is 13.2. The second kappa shape index (κ2) is 5.67. The topological polar surface area (TPSA) is 49.5 Å². The molecule has 0 radical (unpaired) electrons. The van der Waals surface area contributed by atoms with E-state index in [0.29, 0.717) is 24.9 Å². The Morgan fingerprint density at radius 2 is 2.22 bits per heavy atom. The highest BCUT2D eigenvalue weighted by atomic mass is 19.1. The van der Waals surface area contributed by atoms with Crippen LogP contribution in [0.15, 0.2) is 18.2 Å². The van der Waals surface area contributed by atoms with Crippen molar-refractivity contribution in [2.24, 2.45) is 17.6 Å². The van der Waals surface area contributed by atoms with E-state index in [0.717, 1.165) is 31.1 Å². The molecule has 0 amide bonds.